The number of sulfonamides is 1. The van der Waals surface area contributed by atoms with Crippen LogP contribution in [0.5, 0.6) is 5.88 Å². The first kappa shape index (κ1) is 31.4. The molecular weight excluding hydrogens is 624 g/mol. The van der Waals surface area contributed by atoms with Gasteiger partial charge in [0.25, 0.3) is 15.9 Å². The third kappa shape index (κ3) is 6.01. The predicted octanol–water partition coefficient (Wildman–Crippen LogP) is 6.72. The Bertz CT molecular complexity index is 1750. The first-order valence-corrected chi connectivity index (χ1v) is 18.4. The molecule has 0 unspecified atom stereocenters. The molecule has 4 aliphatic carbocycles. The fourth-order valence-electron chi connectivity index (χ4n) is 8.41. The Labute approximate surface area is 276 Å². The average molecular weight is 667 g/mol. The highest BCUT2D eigenvalue weighted by atomic mass is 35.5. The molecule has 7 rings (SSSR count). The van der Waals surface area contributed by atoms with E-state index in [1.807, 2.05) is 0 Å². The number of aryl methyl sites for hydroxylation is 1. The van der Waals surface area contributed by atoms with Crippen LogP contribution < -0.4 is 14.8 Å². The third-order valence-electron chi connectivity index (χ3n) is 11.1. The van der Waals surface area contributed by atoms with E-state index in [1.54, 1.807) is 37.4 Å². The Hall–Kier alpha value is -3.18. The molecule has 0 aliphatic heterocycles. The van der Waals surface area contributed by atoms with Gasteiger partial charge in [-0.1, -0.05) is 31.5 Å². The highest BCUT2D eigenvalue weighted by Gasteiger charge is 2.85. The normalized spacial score (nSPS) is 21.8. The van der Waals surface area contributed by atoms with Gasteiger partial charge in [0.1, 0.15) is 11.0 Å². The van der Waals surface area contributed by atoms with Crippen LogP contribution in [0, 0.1) is 35.0 Å². The minimum Gasteiger partial charge on any atom is -0.477 e. The molecule has 4 fully saturated rings. The maximum absolute atomic E-state index is 13.3. The summed E-state index contributed by atoms with van der Waals surface area (Å²) >= 11 is 6.37. The van der Waals surface area contributed by atoms with Crippen molar-refractivity contribution in [2.24, 2.45) is 28.1 Å². The molecular formula is C34H43ClN6O4S. The molecule has 46 heavy (non-hydrogen) atoms. The van der Waals surface area contributed by atoms with Gasteiger partial charge in [0, 0.05) is 18.8 Å². The lowest BCUT2D eigenvalue weighted by Crippen LogP contribution is -2.32. The van der Waals surface area contributed by atoms with E-state index in [0.29, 0.717) is 52.5 Å². The molecule has 3 aromatic rings. The van der Waals surface area contributed by atoms with E-state index >= 15 is 0 Å². The van der Waals surface area contributed by atoms with Crippen molar-refractivity contribution in [3.05, 3.63) is 52.8 Å². The monoisotopic (exact) mass is 666 g/mol. The lowest BCUT2D eigenvalue weighted by atomic mass is 9.89. The van der Waals surface area contributed by atoms with E-state index < -0.39 is 15.9 Å². The van der Waals surface area contributed by atoms with Gasteiger partial charge in [0.05, 0.1) is 12.2 Å². The molecule has 0 radical (unpaired) electrons. The second kappa shape index (κ2) is 11.5. The molecule has 1 atom stereocenters. The van der Waals surface area contributed by atoms with Gasteiger partial charge in [-0.25, -0.2) is 19.4 Å². The van der Waals surface area contributed by atoms with Crippen LogP contribution in [0.15, 0.2) is 41.6 Å². The van der Waals surface area contributed by atoms with E-state index in [1.165, 1.54) is 55.7 Å². The molecule has 2 spiro atoms. The summed E-state index contributed by atoms with van der Waals surface area (Å²) in [6.45, 7) is 7.63. The van der Waals surface area contributed by atoms with Crippen molar-refractivity contribution in [2.45, 2.75) is 90.0 Å². The third-order valence-corrected chi connectivity index (χ3v) is 12.7. The van der Waals surface area contributed by atoms with Crippen molar-refractivity contribution in [3.8, 4) is 11.7 Å². The number of carbonyl (C=O) groups is 1. The zero-order valence-electron chi connectivity index (χ0n) is 26.8. The number of hydrogen-bond acceptors (Lipinski definition) is 8. The summed E-state index contributed by atoms with van der Waals surface area (Å²) in [5.41, 5.74) is 2.09. The number of hydrogen-bond donors (Lipinski definition) is 2. The van der Waals surface area contributed by atoms with Crippen LogP contribution in [0.3, 0.4) is 0 Å². The Kier molecular flexibility index (Phi) is 7.86. The molecule has 2 N–H and O–H groups in total. The second-order valence-electron chi connectivity index (χ2n) is 14.7. The zero-order chi connectivity index (χ0) is 32.3. The zero-order valence-corrected chi connectivity index (χ0v) is 28.4. The summed E-state index contributed by atoms with van der Waals surface area (Å²) in [5, 5.41) is 7.33. The van der Waals surface area contributed by atoms with Gasteiger partial charge in [-0.2, -0.15) is 8.42 Å². The van der Waals surface area contributed by atoms with E-state index in [-0.39, 0.29) is 15.7 Å². The SMILES string of the molecule is Cc1ccc(NCCC[C@@H]2CCC(C)(C)C2)nc1S(=O)(=O)NC(=O)c1ccc(-n2ccc(OCCC3C4(CC4)C34CC4)n2)nc1Cl. The first-order valence-electron chi connectivity index (χ1n) is 16.6. The van der Waals surface area contributed by atoms with Gasteiger partial charge in [0.15, 0.2) is 10.8 Å². The van der Waals surface area contributed by atoms with E-state index in [0.717, 1.165) is 31.1 Å². The minimum absolute atomic E-state index is 0.0768. The smallest absolute Gasteiger partial charge is 0.282 e. The van der Waals surface area contributed by atoms with Crippen molar-refractivity contribution in [1.29, 1.82) is 0 Å². The van der Waals surface area contributed by atoms with Gasteiger partial charge >= 0.3 is 0 Å². The largest absolute Gasteiger partial charge is 0.477 e. The summed E-state index contributed by atoms with van der Waals surface area (Å²) in [4.78, 5) is 21.7. The molecule has 1 amide bonds. The summed E-state index contributed by atoms with van der Waals surface area (Å²) in [6, 6.07) is 8.18. The quantitative estimate of drug-likeness (QED) is 0.152. The lowest BCUT2D eigenvalue weighted by Gasteiger charge is -2.17. The molecule has 0 bridgehead atoms. The van der Waals surface area contributed by atoms with Crippen molar-refractivity contribution in [2.75, 3.05) is 18.5 Å². The minimum atomic E-state index is -4.28. The number of aromatic nitrogens is 4. The summed E-state index contributed by atoms with van der Waals surface area (Å²) in [6.07, 6.45) is 14.2. The van der Waals surface area contributed by atoms with Gasteiger partial charge in [-0.3, -0.25) is 4.79 Å². The van der Waals surface area contributed by atoms with Crippen molar-refractivity contribution in [3.63, 3.8) is 0 Å². The standard InChI is InChI=1S/C34H43ClN6O4S/c1-22-6-8-26(36-18-4-5-23-10-13-32(2,3)21-23)37-31(22)46(43,44)40-30(42)24-7-9-27(38-29(24)35)41-19-11-28(39-41)45-20-12-25-33(14-15-33)34(25)16-17-34/h6-9,11,19,23,25H,4-5,10,12-18,20-21H2,1-3H3,(H,36,37)(H,40,42)/t23-/m1/s1. The number of carbonyl (C=O) groups excluding carboxylic acids is 1. The molecule has 246 valence electrons. The van der Waals surface area contributed by atoms with Crippen LogP contribution in [-0.4, -0.2) is 47.2 Å². The van der Waals surface area contributed by atoms with Crippen molar-refractivity contribution < 1.29 is 17.9 Å². The van der Waals surface area contributed by atoms with Gasteiger partial charge < -0.3 is 10.1 Å². The predicted molar refractivity (Wildman–Crippen MR) is 176 cm³/mol. The van der Waals surface area contributed by atoms with Crippen LogP contribution >= 0.6 is 11.6 Å². The number of amides is 1. The van der Waals surface area contributed by atoms with Crippen LogP contribution in [0.25, 0.3) is 5.82 Å². The van der Waals surface area contributed by atoms with Crippen LogP contribution in [0.4, 0.5) is 5.82 Å². The van der Waals surface area contributed by atoms with Gasteiger partial charge in [-0.05, 0) is 123 Å². The number of fused-ring (bicyclic) bond motifs is 1. The maximum atomic E-state index is 13.3. The Balaban J connectivity index is 0.930. The molecule has 4 saturated carbocycles. The lowest BCUT2D eigenvalue weighted by molar-refractivity contribution is 0.0981. The number of rotatable bonds is 13. The van der Waals surface area contributed by atoms with E-state index in [4.69, 9.17) is 16.3 Å². The first-order chi connectivity index (χ1) is 21.9. The van der Waals surface area contributed by atoms with Gasteiger partial charge in [0.2, 0.25) is 5.88 Å². The molecule has 3 aromatic heterocycles. The molecule has 4 aliphatic rings. The summed E-state index contributed by atoms with van der Waals surface area (Å²) in [5.74, 6) is 1.98. The Morgan fingerprint density at radius 2 is 1.80 bits per heavy atom. The number of nitrogens with one attached hydrogen (secondary N) is 2. The van der Waals surface area contributed by atoms with Crippen LogP contribution in [0.1, 0.15) is 94.0 Å². The molecule has 0 aromatic carbocycles. The highest BCUT2D eigenvalue weighted by Crippen LogP contribution is 2.93. The maximum Gasteiger partial charge on any atom is 0.282 e. The van der Waals surface area contributed by atoms with Crippen molar-refractivity contribution >= 4 is 33.3 Å². The fourth-order valence-corrected chi connectivity index (χ4v) is 9.81. The molecule has 10 nitrogen and oxygen atoms in total. The molecule has 3 heterocycles. The fraction of sp³-hybridized carbons (Fsp3) is 0.588. The Morgan fingerprint density at radius 3 is 2.48 bits per heavy atom. The average Bonchev–Trinajstić information content (AvgIpc) is 3.95. The van der Waals surface area contributed by atoms with Gasteiger partial charge in [-0.15, -0.1) is 5.10 Å². The van der Waals surface area contributed by atoms with Crippen molar-refractivity contribution in [1.82, 2.24) is 24.5 Å². The second-order valence-corrected chi connectivity index (χ2v) is 16.7. The molecule has 0 saturated heterocycles. The highest BCUT2D eigenvalue weighted by molar-refractivity contribution is 7.90. The number of pyridine rings is 2. The summed E-state index contributed by atoms with van der Waals surface area (Å²) in [7, 11) is -4.28. The van der Waals surface area contributed by atoms with E-state index in [9.17, 15) is 13.2 Å². The number of anilines is 1. The number of nitrogens with zero attached hydrogens (tertiary/aromatic N) is 4. The van der Waals surface area contributed by atoms with E-state index in [2.05, 4.69) is 39.0 Å². The number of ether oxygens (including phenoxy) is 1. The number of halogens is 1. The topological polar surface area (TPSA) is 128 Å². The van der Waals surface area contributed by atoms with Crippen LogP contribution in [-0.2, 0) is 10.0 Å². The Morgan fingerprint density at radius 1 is 1.04 bits per heavy atom. The van der Waals surface area contributed by atoms with Crippen LogP contribution in [0.2, 0.25) is 5.15 Å². The summed E-state index contributed by atoms with van der Waals surface area (Å²) < 4.78 is 36.1. The molecule has 12 heteroatoms.